The first-order valence-corrected chi connectivity index (χ1v) is 11.8. The predicted octanol–water partition coefficient (Wildman–Crippen LogP) is 6.35. The molecule has 0 unspecified atom stereocenters. The maximum Gasteiger partial charge on any atom is 0.433 e. The Morgan fingerprint density at radius 2 is 1.58 bits per heavy atom. The molecule has 1 aliphatic carbocycles. The highest BCUT2D eigenvalue weighted by Gasteiger charge is 2.45. The van der Waals surface area contributed by atoms with Gasteiger partial charge < -0.3 is 4.52 Å². The number of benzene rings is 1. The number of rotatable bonds is 5. The van der Waals surface area contributed by atoms with Crippen LogP contribution in [0.1, 0.15) is 72.3 Å². The molecule has 1 saturated heterocycles. The summed E-state index contributed by atoms with van der Waals surface area (Å²) in [5.41, 5.74) is -0.929. The predicted molar refractivity (Wildman–Crippen MR) is 117 cm³/mol. The van der Waals surface area contributed by atoms with E-state index in [1.54, 1.807) is 6.07 Å². The zero-order valence-corrected chi connectivity index (χ0v) is 19.2. The molecule has 2 fully saturated rings. The van der Waals surface area contributed by atoms with Gasteiger partial charge in [-0.2, -0.15) is 31.3 Å². The number of alkyl halides is 6. The zero-order valence-electron chi connectivity index (χ0n) is 19.2. The number of hydrogen-bond donors (Lipinski definition) is 0. The Morgan fingerprint density at radius 1 is 0.889 bits per heavy atom. The summed E-state index contributed by atoms with van der Waals surface area (Å²) < 4.78 is 83.3. The normalized spacial score (nSPS) is 19.3. The van der Waals surface area contributed by atoms with E-state index in [9.17, 15) is 26.3 Å². The molecular weight excluding hydrogens is 486 g/mol. The van der Waals surface area contributed by atoms with Gasteiger partial charge in [0.1, 0.15) is 5.69 Å². The fourth-order valence-electron chi connectivity index (χ4n) is 5.08. The van der Waals surface area contributed by atoms with E-state index in [1.165, 1.54) is 18.2 Å². The number of halogens is 6. The second-order valence-electron chi connectivity index (χ2n) is 9.52. The molecule has 3 aromatic rings. The quantitative estimate of drug-likeness (QED) is 0.375. The largest absolute Gasteiger partial charge is 0.433 e. The lowest BCUT2D eigenvalue weighted by Crippen LogP contribution is -2.37. The molecule has 2 aliphatic rings. The maximum absolute atomic E-state index is 13.0. The molecule has 192 valence electrons. The fourth-order valence-corrected chi connectivity index (χ4v) is 5.08. The summed E-state index contributed by atoms with van der Waals surface area (Å²) >= 11 is 0. The third kappa shape index (κ3) is 4.85. The molecule has 36 heavy (non-hydrogen) atoms. The van der Waals surface area contributed by atoms with Gasteiger partial charge in [-0.25, -0.2) is 4.98 Å². The molecule has 0 spiro atoms. The molecule has 5 rings (SSSR count). The minimum atomic E-state index is -4.47. The highest BCUT2D eigenvalue weighted by molar-refractivity contribution is 5.37. The van der Waals surface area contributed by atoms with Crippen LogP contribution in [0, 0.1) is 0 Å². The number of likely N-dealkylation sites (tertiary alicyclic amines) is 1. The summed E-state index contributed by atoms with van der Waals surface area (Å²) in [5, 5.41) is 4.17. The van der Waals surface area contributed by atoms with E-state index in [-0.39, 0.29) is 5.92 Å². The molecule has 1 aromatic carbocycles. The number of pyridine rings is 1. The Labute approximate surface area is 203 Å². The molecular formula is C25H24F6N4O. The van der Waals surface area contributed by atoms with Crippen LogP contribution in [0.5, 0.6) is 0 Å². The van der Waals surface area contributed by atoms with Crippen molar-refractivity contribution >= 4 is 0 Å². The minimum Gasteiger partial charge on any atom is -0.338 e. The highest BCUT2D eigenvalue weighted by atomic mass is 19.4. The van der Waals surface area contributed by atoms with Gasteiger partial charge in [-0.3, -0.25) is 4.90 Å². The molecule has 0 bridgehead atoms. The van der Waals surface area contributed by atoms with E-state index in [2.05, 4.69) is 20.0 Å². The number of piperidine rings is 1. The van der Waals surface area contributed by atoms with E-state index in [0.717, 1.165) is 43.0 Å². The summed E-state index contributed by atoms with van der Waals surface area (Å²) in [7, 11) is 0. The smallest absolute Gasteiger partial charge is 0.338 e. The molecule has 5 nitrogen and oxygen atoms in total. The van der Waals surface area contributed by atoms with Crippen LogP contribution in [0.3, 0.4) is 0 Å². The van der Waals surface area contributed by atoms with Crippen LogP contribution in [0.2, 0.25) is 0 Å². The van der Waals surface area contributed by atoms with Gasteiger partial charge in [-0.05, 0) is 68.6 Å². The van der Waals surface area contributed by atoms with Gasteiger partial charge in [-0.1, -0.05) is 29.8 Å². The first-order valence-electron chi connectivity index (χ1n) is 11.8. The van der Waals surface area contributed by atoms with Gasteiger partial charge in [0.05, 0.1) is 17.5 Å². The average molecular weight is 510 g/mol. The summed E-state index contributed by atoms with van der Waals surface area (Å²) in [4.78, 5) is 10.5. The second kappa shape index (κ2) is 9.17. The third-order valence-corrected chi connectivity index (χ3v) is 7.29. The average Bonchev–Trinajstić information content (AvgIpc) is 3.26. The van der Waals surface area contributed by atoms with Crippen molar-refractivity contribution in [2.75, 3.05) is 13.1 Å². The van der Waals surface area contributed by atoms with Crippen molar-refractivity contribution in [1.29, 1.82) is 0 Å². The van der Waals surface area contributed by atoms with E-state index in [0.29, 0.717) is 49.9 Å². The van der Waals surface area contributed by atoms with Crippen molar-refractivity contribution in [1.82, 2.24) is 20.0 Å². The standard InChI is InChI=1S/C25H24F6N4O/c26-24(27,28)18-7-5-17(6-8-18)23(11-2-12-23)22-33-21(36-34-22)15-35-13-9-16(10-14-35)19-3-1-4-20(32-19)25(29,30)31/h1,3-8,16H,2,9-15H2. The Kier molecular flexibility index (Phi) is 6.30. The van der Waals surface area contributed by atoms with Crippen LogP contribution >= 0.6 is 0 Å². The van der Waals surface area contributed by atoms with Gasteiger partial charge in [0.15, 0.2) is 5.82 Å². The van der Waals surface area contributed by atoms with Crippen LogP contribution < -0.4 is 0 Å². The maximum atomic E-state index is 13.0. The van der Waals surface area contributed by atoms with Gasteiger partial charge in [0.25, 0.3) is 0 Å². The minimum absolute atomic E-state index is 0.0558. The summed E-state index contributed by atoms with van der Waals surface area (Å²) in [6.07, 6.45) is -5.17. The molecule has 1 aliphatic heterocycles. The summed E-state index contributed by atoms with van der Waals surface area (Å²) in [6.45, 7) is 1.69. The van der Waals surface area contributed by atoms with Crippen molar-refractivity contribution in [3.05, 3.63) is 76.7 Å². The fraction of sp³-hybridized carbons (Fsp3) is 0.480. The third-order valence-electron chi connectivity index (χ3n) is 7.29. The summed E-state index contributed by atoms with van der Waals surface area (Å²) in [5.74, 6) is 0.838. The van der Waals surface area contributed by atoms with Gasteiger partial charge in [-0.15, -0.1) is 0 Å². The number of hydrogen-bond acceptors (Lipinski definition) is 5. The SMILES string of the molecule is FC(F)(F)c1ccc(C2(c3noc(CN4CCC(c5cccc(C(F)(F)F)n5)CC4)n3)CCC2)cc1. The molecule has 1 saturated carbocycles. The van der Waals surface area contributed by atoms with Crippen molar-refractivity contribution in [3.63, 3.8) is 0 Å². The van der Waals surface area contributed by atoms with Crippen LogP contribution in [-0.4, -0.2) is 33.1 Å². The monoisotopic (exact) mass is 510 g/mol. The van der Waals surface area contributed by atoms with E-state index >= 15 is 0 Å². The van der Waals surface area contributed by atoms with Gasteiger partial charge >= 0.3 is 12.4 Å². The first-order chi connectivity index (χ1) is 17.0. The van der Waals surface area contributed by atoms with Crippen molar-refractivity contribution < 1.29 is 30.9 Å². The zero-order chi connectivity index (χ0) is 25.6. The highest BCUT2D eigenvalue weighted by Crippen LogP contribution is 2.48. The molecule has 2 aromatic heterocycles. The molecule has 3 heterocycles. The van der Waals surface area contributed by atoms with Crippen LogP contribution in [0.4, 0.5) is 26.3 Å². The van der Waals surface area contributed by atoms with Crippen LogP contribution in [0.15, 0.2) is 47.0 Å². The van der Waals surface area contributed by atoms with Gasteiger partial charge in [0.2, 0.25) is 5.89 Å². The van der Waals surface area contributed by atoms with E-state index in [1.807, 2.05) is 0 Å². The Bertz CT molecular complexity index is 1190. The van der Waals surface area contributed by atoms with Crippen molar-refractivity contribution in [2.45, 2.75) is 62.3 Å². The molecule has 0 atom stereocenters. The lowest BCUT2D eigenvalue weighted by atomic mass is 9.64. The number of aromatic nitrogens is 3. The number of nitrogens with zero attached hydrogens (tertiary/aromatic N) is 4. The van der Waals surface area contributed by atoms with Crippen LogP contribution in [0.25, 0.3) is 0 Å². The molecule has 0 amide bonds. The van der Waals surface area contributed by atoms with Crippen LogP contribution in [-0.2, 0) is 24.3 Å². The molecule has 11 heteroatoms. The van der Waals surface area contributed by atoms with Gasteiger partial charge in [0, 0.05) is 11.6 Å². The van der Waals surface area contributed by atoms with E-state index < -0.39 is 29.0 Å². The molecule has 0 N–H and O–H groups in total. The topological polar surface area (TPSA) is 55.1 Å². The summed E-state index contributed by atoms with van der Waals surface area (Å²) in [6, 6.07) is 9.16. The first kappa shape index (κ1) is 24.7. The Morgan fingerprint density at radius 3 is 2.17 bits per heavy atom. The second-order valence-corrected chi connectivity index (χ2v) is 9.52. The van der Waals surface area contributed by atoms with Crippen molar-refractivity contribution in [2.24, 2.45) is 0 Å². The van der Waals surface area contributed by atoms with Crippen molar-refractivity contribution in [3.8, 4) is 0 Å². The Hall–Kier alpha value is -2.95. The van der Waals surface area contributed by atoms with E-state index in [4.69, 9.17) is 4.52 Å². The lowest BCUT2D eigenvalue weighted by molar-refractivity contribution is -0.141. The lowest BCUT2D eigenvalue weighted by Gasteiger charge is -2.39. The Balaban J connectivity index is 1.23. The molecule has 0 radical (unpaired) electrons.